The number of nitrogens with one attached hydrogen (secondary N) is 1. The molecule has 0 aliphatic rings. The van der Waals surface area contributed by atoms with Crippen molar-refractivity contribution in [2.24, 2.45) is 0 Å². The summed E-state index contributed by atoms with van der Waals surface area (Å²) in [5.74, 6) is -0.698. The van der Waals surface area contributed by atoms with E-state index in [1.807, 2.05) is 17.5 Å². The predicted octanol–water partition coefficient (Wildman–Crippen LogP) is 5.08. The smallest absolute Gasteiger partial charge is 0.375 e. The second-order valence-electron chi connectivity index (χ2n) is 4.07. The second-order valence-corrected chi connectivity index (χ2v) is 5.05. The van der Waals surface area contributed by atoms with Crippen LogP contribution in [0.2, 0.25) is 0 Å². The Morgan fingerprint density at radius 1 is 1.21 bits per heavy atom. The summed E-state index contributed by atoms with van der Waals surface area (Å²) in [6.07, 6.45) is -4.48. The molecule has 1 aromatic heterocycles. The van der Waals surface area contributed by atoms with Gasteiger partial charge in [-0.15, -0.1) is 11.3 Å². The third kappa shape index (κ3) is 3.26. The zero-order valence-corrected chi connectivity index (χ0v) is 10.8. The van der Waals surface area contributed by atoms with Gasteiger partial charge in [0.15, 0.2) is 0 Å². The molecule has 1 aromatic carbocycles. The molecule has 0 aliphatic heterocycles. The molecule has 1 unspecified atom stereocenters. The van der Waals surface area contributed by atoms with E-state index < -0.39 is 17.6 Å². The van der Waals surface area contributed by atoms with Crippen molar-refractivity contribution in [3.63, 3.8) is 0 Å². The number of hydrogen-bond acceptors (Lipinski definition) is 2. The van der Waals surface area contributed by atoms with E-state index in [0.717, 1.165) is 23.1 Å². The standard InChI is InChI=1S/C13H11F4NS/c1-8(12-3-2-6-19-12)18-11-7-9(13(15,16)17)4-5-10(11)14/h2-8,18H,1H3. The highest BCUT2D eigenvalue weighted by Crippen LogP contribution is 2.33. The average Bonchev–Trinajstić information content (AvgIpc) is 2.84. The van der Waals surface area contributed by atoms with Crippen LogP contribution in [0.15, 0.2) is 35.7 Å². The maximum atomic E-state index is 13.5. The summed E-state index contributed by atoms with van der Waals surface area (Å²) in [5, 5.41) is 4.62. The van der Waals surface area contributed by atoms with Crippen molar-refractivity contribution in [2.75, 3.05) is 5.32 Å². The Balaban J connectivity index is 2.25. The van der Waals surface area contributed by atoms with Gasteiger partial charge >= 0.3 is 6.18 Å². The van der Waals surface area contributed by atoms with Crippen LogP contribution in [0.4, 0.5) is 23.2 Å². The van der Waals surface area contributed by atoms with Crippen LogP contribution in [0.25, 0.3) is 0 Å². The maximum Gasteiger partial charge on any atom is 0.416 e. The van der Waals surface area contributed by atoms with Gasteiger partial charge in [-0.2, -0.15) is 13.2 Å². The quantitative estimate of drug-likeness (QED) is 0.777. The highest BCUT2D eigenvalue weighted by atomic mass is 32.1. The Morgan fingerprint density at radius 3 is 2.53 bits per heavy atom. The van der Waals surface area contributed by atoms with E-state index in [1.165, 1.54) is 11.3 Å². The zero-order valence-electron chi connectivity index (χ0n) is 9.96. The number of alkyl halides is 3. The molecule has 6 heteroatoms. The van der Waals surface area contributed by atoms with Crippen molar-refractivity contribution in [2.45, 2.75) is 19.1 Å². The largest absolute Gasteiger partial charge is 0.416 e. The van der Waals surface area contributed by atoms with Gasteiger partial charge in [-0.05, 0) is 36.6 Å². The lowest BCUT2D eigenvalue weighted by Gasteiger charge is -2.16. The van der Waals surface area contributed by atoms with E-state index in [0.29, 0.717) is 0 Å². The van der Waals surface area contributed by atoms with Gasteiger partial charge in [0, 0.05) is 4.88 Å². The first kappa shape index (κ1) is 13.9. The van der Waals surface area contributed by atoms with Crippen molar-refractivity contribution in [3.8, 4) is 0 Å². The fraction of sp³-hybridized carbons (Fsp3) is 0.231. The Labute approximate surface area is 111 Å². The number of thiophene rings is 1. The van der Waals surface area contributed by atoms with E-state index in [4.69, 9.17) is 0 Å². The fourth-order valence-corrected chi connectivity index (χ4v) is 2.39. The Hall–Kier alpha value is -1.56. The lowest BCUT2D eigenvalue weighted by Crippen LogP contribution is -2.10. The second kappa shape index (κ2) is 5.21. The average molecular weight is 289 g/mol. The van der Waals surface area contributed by atoms with Crippen LogP contribution in [0, 0.1) is 5.82 Å². The molecule has 1 heterocycles. The maximum absolute atomic E-state index is 13.5. The lowest BCUT2D eigenvalue weighted by atomic mass is 10.1. The van der Waals surface area contributed by atoms with Gasteiger partial charge in [0.25, 0.3) is 0 Å². The predicted molar refractivity (Wildman–Crippen MR) is 67.8 cm³/mol. The fourth-order valence-electron chi connectivity index (χ4n) is 1.65. The van der Waals surface area contributed by atoms with Crippen molar-refractivity contribution in [1.82, 2.24) is 0 Å². The number of hydrogen-bond donors (Lipinski definition) is 1. The Kier molecular flexibility index (Phi) is 3.80. The molecule has 1 N–H and O–H groups in total. The summed E-state index contributed by atoms with van der Waals surface area (Å²) >= 11 is 1.46. The Morgan fingerprint density at radius 2 is 1.95 bits per heavy atom. The van der Waals surface area contributed by atoms with Crippen molar-refractivity contribution >= 4 is 17.0 Å². The van der Waals surface area contributed by atoms with Crippen LogP contribution >= 0.6 is 11.3 Å². The lowest BCUT2D eigenvalue weighted by molar-refractivity contribution is -0.137. The Bertz CT molecular complexity index is 548. The monoisotopic (exact) mass is 289 g/mol. The van der Waals surface area contributed by atoms with E-state index in [-0.39, 0.29) is 11.7 Å². The zero-order chi connectivity index (χ0) is 14.0. The minimum absolute atomic E-state index is 0.143. The summed E-state index contributed by atoms with van der Waals surface area (Å²) in [4.78, 5) is 0.928. The summed E-state index contributed by atoms with van der Waals surface area (Å²) < 4.78 is 51.2. The number of benzene rings is 1. The first-order valence-corrected chi connectivity index (χ1v) is 6.42. The number of halogens is 4. The van der Waals surface area contributed by atoms with Gasteiger partial charge in [0.05, 0.1) is 17.3 Å². The first-order valence-electron chi connectivity index (χ1n) is 5.54. The van der Waals surface area contributed by atoms with Gasteiger partial charge < -0.3 is 5.32 Å². The van der Waals surface area contributed by atoms with Crippen LogP contribution in [-0.4, -0.2) is 0 Å². The topological polar surface area (TPSA) is 12.0 Å². The molecule has 1 nitrogen and oxygen atoms in total. The van der Waals surface area contributed by atoms with Gasteiger partial charge in [-0.3, -0.25) is 0 Å². The van der Waals surface area contributed by atoms with Crippen LogP contribution in [0.1, 0.15) is 23.4 Å². The molecular formula is C13H11F4NS. The molecule has 0 spiro atoms. The first-order chi connectivity index (χ1) is 8.88. The van der Waals surface area contributed by atoms with Crippen LogP contribution < -0.4 is 5.32 Å². The molecule has 0 saturated heterocycles. The van der Waals surface area contributed by atoms with E-state index in [2.05, 4.69) is 5.32 Å². The summed E-state index contributed by atoms with van der Waals surface area (Å²) in [6.45, 7) is 1.77. The third-order valence-corrected chi connectivity index (χ3v) is 3.69. The summed E-state index contributed by atoms with van der Waals surface area (Å²) in [7, 11) is 0. The molecule has 0 bridgehead atoms. The van der Waals surface area contributed by atoms with E-state index in [9.17, 15) is 17.6 Å². The van der Waals surface area contributed by atoms with Crippen molar-refractivity contribution in [1.29, 1.82) is 0 Å². The molecule has 0 fully saturated rings. The van der Waals surface area contributed by atoms with Crippen molar-refractivity contribution < 1.29 is 17.6 Å². The van der Waals surface area contributed by atoms with E-state index in [1.54, 1.807) is 6.92 Å². The van der Waals surface area contributed by atoms with E-state index >= 15 is 0 Å². The van der Waals surface area contributed by atoms with Gasteiger partial charge in [-0.1, -0.05) is 6.07 Å². The summed E-state index contributed by atoms with van der Waals surface area (Å²) in [6, 6.07) is 5.77. The minimum atomic E-state index is -4.48. The van der Waals surface area contributed by atoms with Crippen LogP contribution in [0.5, 0.6) is 0 Å². The molecule has 0 amide bonds. The minimum Gasteiger partial charge on any atom is -0.375 e. The molecule has 2 rings (SSSR count). The van der Waals surface area contributed by atoms with Crippen molar-refractivity contribution in [3.05, 3.63) is 52.0 Å². The highest BCUT2D eigenvalue weighted by Gasteiger charge is 2.31. The summed E-state index contributed by atoms with van der Waals surface area (Å²) in [5.41, 5.74) is -1.01. The highest BCUT2D eigenvalue weighted by molar-refractivity contribution is 7.10. The molecule has 2 aromatic rings. The molecule has 0 aliphatic carbocycles. The third-order valence-electron chi connectivity index (χ3n) is 2.64. The molecular weight excluding hydrogens is 278 g/mol. The molecule has 1 atom stereocenters. The molecule has 0 radical (unpaired) electrons. The number of anilines is 1. The molecule has 102 valence electrons. The SMILES string of the molecule is CC(Nc1cc(C(F)(F)F)ccc1F)c1cccs1. The number of rotatable bonds is 3. The van der Waals surface area contributed by atoms with Crippen LogP contribution in [0.3, 0.4) is 0 Å². The van der Waals surface area contributed by atoms with Gasteiger partial charge in [0.2, 0.25) is 0 Å². The molecule has 19 heavy (non-hydrogen) atoms. The normalized spacial score (nSPS) is 13.3. The molecule has 0 saturated carbocycles. The van der Waals surface area contributed by atoms with Gasteiger partial charge in [-0.25, -0.2) is 4.39 Å². The van der Waals surface area contributed by atoms with Gasteiger partial charge in [0.1, 0.15) is 5.82 Å². The van der Waals surface area contributed by atoms with Crippen LogP contribution in [-0.2, 0) is 6.18 Å².